The van der Waals surface area contributed by atoms with Gasteiger partial charge < -0.3 is 10.1 Å². The summed E-state index contributed by atoms with van der Waals surface area (Å²) in [6.45, 7) is -0.689. The average molecular weight is 280 g/mol. The quantitative estimate of drug-likeness (QED) is 0.424. The van der Waals surface area contributed by atoms with Crippen molar-refractivity contribution in [1.82, 2.24) is 5.32 Å². The van der Waals surface area contributed by atoms with Gasteiger partial charge in [-0.3, -0.25) is 19.7 Å². The Kier molecular flexibility index (Phi) is 6.31. The van der Waals surface area contributed by atoms with E-state index < -0.39 is 29.3 Å². The summed E-state index contributed by atoms with van der Waals surface area (Å²) < 4.78 is 5.06. The number of likely N-dealkylation sites (N-methyl/N-ethyl adjacent to an activating group) is 1. The Morgan fingerprint density at radius 2 is 2.00 bits per heavy atom. The molecule has 0 radical (unpaired) electrons. The summed E-state index contributed by atoms with van der Waals surface area (Å²) in [4.78, 5) is 32.6. The van der Waals surface area contributed by atoms with Crippen LogP contribution in [0.2, 0.25) is 0 Å². The minimum absolute atomic E-state index is 0.0985. The van der Waals surface area contributed by atoms with Crippen molar-refractivity contribution in [3.63, 3.8) is 0 Å². The fourth-order valence-corrected chi connectivity index (χ4v) is 1.57. The molecule has 1 atom stereocenters. The minimum Gasteiger partial charge on any atom is -0.460 e. The third kappa shape index (κ3) is 5.57. The monoisotopic (exact) mass is 280 g/mol. The van der Waals surface area contributed by atoms with Crippen molar-refractivity contribution in [2.24, 2.45) is 0 Å². The van der Waals surface area contributed by atoms with Gasteiger partial charge in [-0.15, -0.1) is 0 Å². The Bertz CT molecular complexity index is 475. The highest BCUT2D eigenvalue weighted by atomic mass is 16.6. The molecule has 1 N–H and O–H groups in total. The number of rotatable bonds is 8. The molecular formula is C13H16N2O5. The molecule has 0 bridgehead atoms. The van der Waals surface area contributed by atoms with Gasteiger partial charge in [-0.2, -0.15) is 0 Å². The molecule has 7 nitrogen and oxygen atoms in total. The van der Waals surface area contributed by atoms with Gasteiger partial charge >= 0.3 is 5.97 Å². The van der Waals surface area contributed by atoms with Crippen LogP contribution in [0.15, 0.2) is 30.3 Å². The molecule has 7 heteroatoms. The van der Waals surface area contributed by atoms with Gasteiger partial charge in [-0.1, -0.05) is 30.3 Å². The summed E-state index contributed by atoms with van der Waals surface area (Å²) in [5.41, 5.74) is 0.826. The van der Waals surface area contributed by atoms with Crippen molar-refractivity contribution in [3.8, 4) is 0 Å². The first-order valence-electron chi connectivity index (χ1n) is 6.04. The summed E-state index contributed by atoms with van der Waals surface area (Å²) in [6.07, 6.45) is -0.259. The molecule has 0 aromatic heterocycles. The topological polar surface area (TPSA) is 98.5 Å². The molecule has 0 amide bonds. The zero-order valence-corrected chi connectivity index (χ0v) is 11.1. The zero-order chi connectivity index (χ0) is 15.0. The molecule has 108 valence electrons. The highest BCUT2D eigenvalue weighted by Gasteiger charge is 2.23. The van der Waals surface area contributed by atoms with Crippen LogP contribution >= 0.6 is 0 Å². The summed E-state index contributed by atoms with van der Waals surface area (Å²) in [5, 5.41) is 12.8. The van der Waals surface area contributed by atoms with Crippen molar-refractivity contribution < 1.29 is 19.2 Å². The molecule has 0 aliphatic rings. The Labute approximate surface area is 116 Å². The van der Waals surface area contributed by atoms with Crippen LogP contribution in [-0.2, 0) is 20.9 Å². The molecule has 0 unspecified atom stereocenters. The maximum absolute atomic E-state index is 11.8. The Hall–Kier alpha value is -2.28. The summed E-state index contributed by atoms with van der Waals surface area (Å²) in [7, 11) is 1.49. The van der Waals surface area contributed by atoms with Gasteiger partial charge in [0.1, 0.15) is 12.6 Å². The van der Waals surface area contributed by atoms with Crippen LogP contribution in [-0.4, -0.2) is 36.3 Å². The van der Waals surface area contributed by atoms with Crippen LogP contribution in [0.4, 0.5) is 0 Å². The number of Topliss-reactive ketones (excluding diaryl/α,β-unsaturated/α-hetero) is 1. The van der Waals surface area contributed by atoms with E-state index in [-0.39, 0.29) is 13.0 Å². The van der Waals surface area contributed by atoms with Gasteiger partial charge in [0.2, 0.25) is 5.78 Å². The number of hydrogen-bond donors (Lipinski definition) is 1. The molecule has 1 rings (SSSR count). The van der Waals surface area contributed by atoms with E-state index in [0.29, 0.717) is 0 Å². The lowest BCUT2D eigenvalue weighted by atomic mass is 10.1. The van der Waals surface area contributed by atoms with E-state index in [1.165, 1.54) is 7.05 Å². The highest BCUT2D eigenvalue weighted by Crippen LogP contribution is 2.04. The fourth-order valence-electron chi connectivity index (χ4n) is 1.57. The van der Waals surface area contributed by atoms with Gasteiger partial charge in [0.05, 0.1) is 0 Å². The van der Waals surface area contributed by atoms with E-state index in [9.17, 15) is 19.7 Å². The Morgan fingerprint density at radius 3 is 2.55 bits per heavy atom. The van der Waals surface area contributed by atoms with Crippen molar-refractivity contribution in [1.29, 1.82) is 0 Å². The Morgan fingerprint density at radius 1 is 1.35 bits per heavy atom. The lowest BCUT2D eigenvalue weighted by Crippen LogP contribution is -2.38. The first kappa shape index (κ1) is 15.8. The average Bonchev–Trinajstić information content (AvgIpc) is 2.42. The third-order valence-electron chi connectivity index (χ3n) is 2.59. The second-order valence-corrected chi connectivity index (χ2v) is 4.17. The summed E-state index contributed by atoms with van der Waals surface area (Å²) in [5.74, 6) is -1.22. The number of nitrogens with one attached hydrogen (secondary N) is 1. The van der Waals surface area contributed by atoms with Gasteiger partial charge in [0.15, 0.2) is 0 Å². The number of hydrogen-bond acceptors (Lipinski definition) is 6. The largest absolute Gasteiger partial charge is 0.460 e. The van der Waals surface area contributed by atoms with Crippen LogP contribution < -0.4 is 5.32 Å². The molecule has 0 fully saturated rings. The van der Waals surface area contributed by atoms with E-state index in [1.807, 2.05) is 18.2 Å². The number of ether oxygens (including phenoxy) is 1. The maximum Gasteiger partial charge on any atom is 0.323 e. The first-order chi connectivity index (χ1) is 9.52. The number of nitrogens with zero attached hydrogens (tertiary/aromatic N) is 1. The SMILES string of the molecule is CN[C@@H](CC(=O)C[N+](=O)[O-])C(=O)OCc1ccccc1. The summed E-state index contributed by atoms with van der Waals surface area (Å²) in [6, 6.07) is 8.22. The van der Waals surface area contributed by atoms with Gasteiger partial charge in [-0.05, 0) is 12.6 Å². The first-order valence-corrected chi connectivity index (χ1v) is 6.04. The second kappa shape index (κ2) is 8.00. The molecule has 0 saturated carbocycles. The third-order valence-corrected chi connectivity index (χ3v) is 2.59. The van der Waals surface area contributed by atoms with Gasteiger partial charge in [0.25, 0.3) is 6.54 Å². The van der Waals surface area contributed by atoms with Gasteiger partial charge in [0, 0.05) is 11.3 Å². The second-order valence-electron chi connectivity index (χ2n) is 4.17. The fraction of sp³-hybridized carbons (Fsp3) is 0.385. The van der Waals surface area contributed by atoms with E-state index in [2.05, 4.69) is 5.32 Å². The number of ketones is 1. The number of benzene rings is 1. The molecule has 0 spiro atoms. The lowest BCUT2D eigenvalue weighted by molar-refractivity contribution is -0.467. The Balaban J connectivity index is 2.46. The normalized spacial score (nSPS) is 11.7. The molecule has 1 aromatic carbocycles. The number of nitro groups is 1. The smallest absolute Gasteiger partial charge is 0.323 e. The van der Waals surface area contributed by atoms with Crippen LogP contribution in [0, 0.1) is 10.1 Å². The highest BCUT2D eigenvalue weighted by molar-refractivity contribution is 5.87. The molecule has 0 heterocycles. The number of esters is 1. The number of carbonyl (C=O) groups is 2. The minimum atomic E-state index is -0.869. The summed E-state index contributed by atoms with van der Waals surface area (Å²) >= 11 is 0. The van der Waals surface area contributed by atoms with Crippen molar-refractivity contribution in [2.45, 2.75) is 19.1 Å². The molecule has 0 saturated heterocycles. The zero-order valence-electron chi connectivity index (χ0n) is 11.1. The van der Waals surface area contributed by atoms with E-state index in [0.717, 1.165) is 5.56 Å². The molecule has 20 heavy (non-hydrogen) atoms. The van der Waals surface area contributed by atoms with Crippen LogP contribution in [0.5, 0.6) is 0 Å². The van der Waals surface area contributed by atoms with Crippen molar-refractivity contribution in [3.05, 3.63) is 46.0 Å². The van der Waals surface area contributed by atoms with Crippen molar-refractivity contribution >= 4 is 11.8 Å². The molecular weight excluding hydrogens is 264 g/mol. The maximum atomic E-state index is 11.8. The number of carbonyl (C=O) groups excluding carboxylic acids is 2. The van der Waals surface area contributed by atoms with Crippen LogP contribution in [0.3, 0.4) is 0 Å². The van der Waals surface area contributed by atoms with E-state index in [4.69, 9.17) is 4.74 Å². The lowest BCUT2D eigenvalue weighted by Gasteiger charge is -2.13. The van der Waals surface area contributed by atoms with Crippen LogP contribution in [0.25, 0.3) is 0 Å². The van der Waals surface area contributed by atoms with E-state index in [1.54, 1.807) is 12.1 Å². The molecule has 0 aliphatic carbocycles. The predicted octanol–water partition coefficient (Wildman–Crippen LogP) is 0.554. The van der Waals surface area contributed by atoms with E-state index >= 15 is 0 Å². The standard InChI is InChI=1S/C13H16N2O5/c1-14-12(7-11(16)8-15(18)19)13(17)20-9-10-5-3-2-4-6-10/h2-6,12,14H,7-9H2,1H3/t12-/m0/s1. The molecule has 1 aromatic rings. The molecule has 0 aliphatic heterocycles. The predicted molar refractivity (Wildman–Crippen MR) is 70.6 cm³/mol. The van der Waals surface area contributed by atoms with Gasteiger partial charge in [-0.25, -0.2) is 0 Å². The van der Waals surface area contributed by atoms with Crippen molar-refractivity contribution in [2.75, 3.05) is 13.6 Å². The van der Waals surface area contributed by atoms with Crippen LogP contribution in [0.1, 0.15) is 12.0 Å².